The summed E-state index contributed by atoms with van der Waals surface area (Å²) >= 11 is 6.20. The first-order valence-corrected chi connectivity index (χ1v) is 11.2. The van der Waals surface area contributed by atoms with E-state index in [0.717, 1.165) is 10.9 Å². The van der Waals surface area contributed by atoms with Gasteiger partial charge in [-0.2, -0.15) is 4.31 Å². The van der Waals surface area contributed by atoms with Crippen molar-refractivity contribution in [1.82, 2.24) is 9.46 Å². The molecule has 1 saturated heterocycles. The summed E-state index contributed by atoms with van der Waals surface area (Å²) < 4.78 is 37.6. The number of nitrogens with one attached hydrogen (secondary N) is 1. The number of amides is 1. The Morgan fingerprint density at radius 2 is 1.97 bits per heavy atom. The molecule has 158 valence electrons. The molecule has 0 saturated carbocycles. The lowest BCUT2D eigenvalue weighted by atomic mass is 10.1. The third-order valence-corrected chi connectivity index (χ3v) is 7.07. The van der Waals surface area contributed by atoms with Gasteiger partial charge in [-0.25, -0.2) is 8.42 Å². The van der Waals surface area contributed by atoms with Crippen LogP contribution in [0.15, 0.2) is 45.8 Å². The third-order valence-electron chi connectivity index (χ3n) is 4.85. The maximum Gasteiger partial charge on any atom is 0.243 e. The van der Waals surface area contributed by atoms with E-state index in [-0.39, 0.29) is 41.0 Å². The van der Waals surface area contributed by atoms with Crippen LogP contribution in [0.25, 0.3) is 11.0 Å². The minimum absolute atomic E-state index is 0.0345. The molecule has 0 radical (unpaired) electrons. The summed E-state index contributed by atoms with van der Waals surface area (Å²) in [6.07, 6.45) is -0.0345. The molecule has 1 N–H and O–H groups in total. The zero-order valence-electron chi connectivity index (χ0n) is 16.2. The number of nitrogens with zero attached hydrogens (tertiary/aromatic N) is 2. The van der Waals surface area contributed by atoms with Crippen LogP contribution in [0.3, 0.4) is 0 Å². The van der Waals surface area contributed by atoms with E-state index in [0.29, 0.717) is 24.5 Å². The maximum absolute atomic E-state index is 12.9. The number of ether oxygens (including phenoxy) is 1. The van der Waals surface area contributed by atoms with Gasteiger partial charge in [0.1, 0.15) is 5.69 Å². The molecule has 1 aliphatic heterocycles. The normalized spacial score (nSPS) is 15.4. The van der Waals surface area contributed by atoms with Crippen molar-refractivity contribution in [3.63, 3.8) is 0 Å². The largest absolute Gasteiger partial charge is 0.379 e. The van der Waals surface area contributed by atoms with Crippen molar-refractivity contribution in [2.75, 3.05) is 31.6 Å². The number of benzene rings is 2. The predicted molar refractivity (Wildman–Crippen MR) is 112 cm³/mol. The Kier molecular flexibility index (Phi) is 5.79. The Morgan fingerprint density at radius 1 is 1.20 bits per heavy atom. The Labute approximate surface area is 178 Å². The number of aromatic nitrogens is 1. The SMILES string of the molecule is Cc1ccc2onc(CC(=O)Nc3cc(S(=O)(=O)N4CCOCC4)ccc3Cl)c2c1. The minimum Gasteiger partial charge on any atom is -0.379 e. The molecule has 0 spiro atoms. The zero-order valence-corrected chi connectivity index (χ0v) is 17.8. The van der Waals surface area contributed by atoms with Crippen LogP contribution >= 0.6 is 11.6 Å². The van der Waals surface area contributed by atoms with E-state index in [1.807, 2.05) is 19.1 Å². The number of hydrogen-bond acceptors (Lipinski definition) is 6. The second-order valence-corrected chi connectivity index (χ2v) is 9.36. The van der Waals surface area contributed by atoms with Crippen LogP contribution < -0.4 is 5.32 Å². The van der Waals surface area contributed by atoms with Gasteiger partial charge < -0.3 is 14.6 Å². The lowest BCUT2D eigenvalue weighted by Crippen LogP contribution is -2.40. The number of aryl methyl sites for hydroxylation is 1. The number of hydrogen-bond donors (Lipinski definition) is 1. The van der Waals surface area contributed by atoms with Crippen LogP contribution in [-0.2, 0) is 26.0 Å². The van der Waals surface area contributed by atoms with E-state index < -0.39 is 10.0 Å². The summed E-state index contributed by atoms with van der Waals surface area (Å²) in [7, 11) is -3.70. The number of carbonyl (C=O) groups excluding carboxylic acids is 1. The fourth-order valence-electron chi connectivity index (χ4n) is 3.27. The molecule has 1 amide bonds. The minimum atomic E-state index is -3.70. The second kappa shape index (κ2) is 8.35. The van der Waals surface area contributed by atoms with Crippen LogP contribution in [0.1, 0.15) is 11.3 Å². The van der Waals surface area contributed by atoms with Gasteiger partial charge in [0.15, 0.2) is 5.58 Å². The highest BCUT2D eigenvalue weighted by Crippen LogP contribution is 2.28. The van der Waals surface area contributed by atoms with Crippen molar-refractivity contribution in [3.05, 3.63) is 52.7 Å². The highest BCUT2D eigenvalue weighted by atomic mass is 35.5. The fourth-order valence-corrected chi connectivity index (χ4v) is 4.87. The fraction of sp³-hybridized carbons (Fsp3) is 0.300. The van der Waals surface area contributed by atoms with E-state index in [4.69, 9.17) is 20.9 Å². The first-order chi connectivity index (χ1) is 14.3. The zero-order chi connectivity index (χ0) is 21.3. The highest BCUT2D eigenvalue weighted by molar-refractivity contribution is 7.89. The lowest BCUT2D eigenvalue weighted by Gasteiger charge is -2.26. The quantitative estimate of drug-likeness (QED) is 0.642. The lowest BCUT2D eigenvalue weighted by molar-refractivity contribution is -0.115. The average molecular weight is 450 g/mol. The van der Waals surface area contributed by atoms with E-state index >= 15 is 0 Å². The van der Waals surface area contributed by atoms with Crippen molar-refractivity contribution in [3.8, 4) is 0 Å². The molecule has 3 aromatic rings. The van der Waals surface area contributed by atoms with E-state index in [9.17, 15) is 13.2 Å². The van der Waals surface area contributed by atoms with Crippen molar-refractivity contribution in [1.29, 1.82) is 0 Å². The standard InChI is InChI=1S/C20H20ClN3O5S/c1-13-2-5-19-15(10-13)17(23-29-19)12-20(25)22-18-11-14(3-4-16(18)21)30(26,27)24-6-8-28-9-7-24/h2-5,10-11H,6-9,12H2,1H3,(H,22,25). The molecule has 0 bridgehead atoms. The van der Waals surface area contributed by atoms with Gasteiger partial charge in [-0.3, -0.25) is 4.79 Å². The van der Waals surface area contributed by atoms with Gasteiger partial charge >= 0.3 is 0 Å². The van der Waals surface area contributed by atoms with Crippen molar-refractivity contribution in [2.24, 2.45) is 0 Å². The molecule has 1 aliphatic rings. The summed E-state index contributed by atoms with van der Waals surface area (Å²) in [4.78, 5) is 12.7. The number of sulfonamides is 1. The summed E-state index contributed by atoms with van der Waals surface area (Å²) in [6.45, 7) is 3.20. The van der Waals surface area contributed by atoms with Crippen LogP contribution in [-0.4, -0.2) is 50.1 Å². The van der Waals surface area contributed by atoms with Crippen molar-refractivity contribution in [2.45, 2.75) is 18.2 Å². The van der Waals surface area contributed by atoms with Crippen LogP contribution in [0.5, 0.6) is 0 Å². The number of morpholine rings is 1. The Bertz CT molecular complexity index is 1200. The molecule has 2 heterocycles. The highest BCUT2D eigenvalue weighted by Gasteiger charge is 2.27. The Balaban J connectivity index is 1.54. The molecule has 8 nitrogen and oxygen atoms in total. The first kappa shape index (κ1) is 20.8. The van der Waals surface area contributed by atoms with E-state index in [1.54, 1.807) is 6.07 Å². The Hall–Kier alpha value is -2.46. The molecular formula is C20H20ClN3O5S. The first-order valence-electron chi connectivity index (χ1n) is 9.37. The van der Waals surface area contributed by atoms with Gasteiger partial charge in [-0.15, -0.1) is 0 Å². The van der Waals surface area contributed by atoms with Crippen LogP contribution in [0.4, 0.5) is 5.69 Å². The predicted octanol–water partition coefficient (Wildman–Crippen LogP) is 2.99. The molecule has 2 aromatic carbocycles. The van der Waals surface area contributed by atoms with Gasteiger partial charge in [-0.05, 0) is 37.3 Å². The number of rotatable bonds is 5. The molecule has 10 heteroatoms. The summed E-state index contributed by atoms with van der Waals surface area (Å²) in [6, 6.07) is 9.86. The molecule has 4 rings (SSSR count). The molecule has 1 fully saturated rings. The molecule has 0 unspecified atom stereocenters. The van der Waals surface area contributed by atoms with E-state index in [1.165, 1.54) is 22.5 Å². The third kappa shape index (κ3) is 4.20. The van der Waals surface area contributed by atoms with Gasteiger partial charge in [0.25, 0.3) is 0 Å². The number of anilines is 1. The topological polar surface area (TPSA) is 102 Å². The van der Waals surface area contributed by atoms with Crippen LogP contribution in [0.2, 0.25) is 5.02 Å². The Morgan fingerprint density at radius 3 is 2.73 bits per heavy atom. The number of carbonyl (C=O) groups is 1. The second-order valence-electron chi connectivity index (χ2n) is 7.01. The van der Waals surface area contributed by atoms with Gasteiger partial charge in [-0.1, -0.05) is 28.4 Å². The van der Waals surface area contributed by atoms with Crippen molar-refractivity contribution >= 4 is 44.2 Å². The monoisotopic (exact) mass is 449 g/mol. The molecule has 30 heavy (non-hydrogen) atoms. The molecular weight excluding hydrogens is 430 g/mol. The number of fused-ring (bicyclic) bond motifs is 1. The molecule has 0 aliphatic carbocycles. The van der Waals surface area contributed by atoms with Gasteiger partial charge in [0, 0.05) is 18.5 Å². The van der Waals surface area contributed by atoms with Gasteiger partial charge in [0.2, 0.25) is 15.9 Å². The van der Waals surface area contributed by atoms with Gasteiger partial charge in [0.05, 0.1) is 35.2 Å². The van der Waals surface area contributed by atoms with E-state index in [2.05, 4.69) is 10.5 Å². The molecule has 0 atom stereocenters. The summed E-state index contributed by atoms with van der Waals surface area (Å²) in [5, 5.41) is 7.66. The summed E-state index contributed by atoms with van der Waals surface area (Å²) in [5.74, 6) is -0.380. The summed E-state index contributed by atoms with van der Waals surface area (Å²) in [5.41, 5.74) is 2.34. The smallest absolute Gasteiger partial charge is 0.243 e. The molecule has 1 aromatic heterocycles. The van der Waals surface area contributed by atoms with Crippen LogP contribution in [0, 0.1) is 6.92 Å². The van der Waals surface area contributed by atoms with Crippen molar-refractivity contribution < 1.29 is 22.5 Å². The maximum atomic E-state index is 12.9. The number of halogens is 1. The average Bonchev–Trinajstić information content (AvgIpc) is 3.12.